The predicted octanol–water partition coefficient (Wildman–Crippen LogP) is 4.17. The molecule has 468 valence electrons. The Labute approximate surface area is 481 Å². The van der Waals surface area contributed by atoms with E-state index in [-0.39, 0.29) is 90.3 Å². The lowest BCUT2D eigenvalue weighted by Gasteiger charge is -2.14. The van der Waals surface area contributed by atoms with Gasteiger partial charge in [0.05, 0.1) is 106 Å². The van der Waals surface area contributed by atoms with Crippen molar-refractivity contribution in [1.82, 2.24) is 13.7 Å². The van der Waals surface area contributed by atoms with Crippen molar-refractivity contribution in [2.45, 2.75) is 135 Å². The van der Waals surface area contributed by atoms with Crippen LogP contribution in [-0.4, -0.2) is 188 Å². The van der Waals surface area contributed by atoms with Crippen LogP contribution in [0.4, 0.5) is 0 Å². The summed E-state index contributed by atoms with van der Waals surface area (Å²) in [7, 11) is 0. The fourth-order valence-corrected chi connectivity index (χ4v) is 7.42. The summed E-state index contributed by atoms with van der Waals surface area (Å²) in [5, 5.41) is 0. The summed E-state index contributed by atoms with van der Waals surface area (Å²) >= 11 is 0. The number of hydrogen-bond acceptors (Lipinski definition) is 22. The third-order valence-corrected chi connectivity index (χ3v) is 11.8. The van der Waals surface area contributed by atoms with Crippen molar-refractivity contribution in [3.63, 3.8) is 0 Å². The molecule has 0 fully saturated rings. The normalized spacial score (nSPS) is 11.0. The van der Waals surface area contributed by atoms with Crippen LogP contribution in [0, 0.1) is 0 Å². The molecule has 1 heterocycles. The molecule has 1 aromatic rings. The van der Waals surface area contributed by atoms with Gasteiger partial charge in [-0.15, -0.1) is 0 Å². The summed E-state index contributed by atoms with van der Waals surface area (Å²) in [5.74, 6) is -2.64. The molecule has 25 heteroatoms. The van der Waals surface area contributed by atoms with E-state index >= 15 is 0 Å². The average Bonchev–Trinajstić information content (AvgIpc) is 3.61. The number of nitrogens with zero attached hydrogens (tertiary/aromatic N) is 3. The van der Waals surface area contributed by atoms with E-state index in [4.69, 9.17) is 61.6 Å². The van der Waals surface area contributed by atoms with Crippen LogP contribution in [0.25, 0.3) is 0 Å². The number of Topliss-reactive ketones (excluding diaryl/α,β-unsaturated/α-hetero) is 1. The van der Waals surface area contributed by atoms with E-state index in [2.05, 4.69) is 19.7 Å². The van der Waals surface area contributed by atoms with Crippen LogP contribution in [-0.2, 0) is 110 Å². The second-order valence-electron chi connectivity index (χ2n) is 18.3. The van der Waals surface area contributed by atoms with E-state index in [9.17, 15) is 43.2 Å². The quantitative estimate of drug-likeness (QED) is 0.0383. The first-order valence-corrected chi connectivity index (χ1v) is 28.7. The molecule has 0 amide bonds. The lowest BCUT2D eigenvalue weighted by molar-refractivity contribution is -0.149. The Morgan fingerprint density at radius 1 is 0.293 bits per heavy atom. The zero-order valence-corrected chi connectivity index (χ0v) is 48.4. The van der Waals surface area contributed by atoms with Gasteiger partial charge < -0.3 is 61.6 Å². The third kappa shape index (κ3) is 42.2. The van der Waals surface area contributed by atoms with Gasteiger partial charge in [0.15, 0.2) is 5.78 Å². The molecule has 0 aliphatic carbocycles. The molecule has 82 heavy (non-hydrogen) atoms. The SMILES string of the molecule is C=CC(=O)OCCOCCOCCOCCOCCOCCOCCOCCOCCOC(=O)CCCCCCCn1c(=O)n(CCCCCCCC(=O)COC(=O)C=C)c(=O)n(CCCCCCCC(=O)OCCOC(=O)C=C)c1=O. The average molecular weight is 1170 g/mol. The minimum Gasteiger partial charge on any atom is -0.463 e. The van der Waals surface area contributed by atoms with Gasteiger partial charge in [0, 0.05) is 57.1 Å². The maximum absolute atomic E-state index is 13.6. The van der Waals surface area contributed by atoms with E-state index in [1.165, 1.54) is 0 Å². The number of hydrogen-bond donors (Lipinski definition) is 0. The Balaban J connectivity index is 2.25. The summed E-state index contributed by atoms with van der Waals surface area (Å²) < 4.78 is 71.6. The van der Waals surface area contributed by atoms with Crippen molar-refractivity contribution in [3.05, 3.63) is 69.4 Å². The zero-order valence-electron chi connectivity index (χ0n) is 48.4. The van der Waals surface area contributed by atoms with Gasteiger partial charge in [0.25, 0.3) is 0 Å². The summed E-state index contributed by atoms with van der Waals surface area (Å²) in [5.41, 5.74) is -1.96. The van der Waals surface area contributed by atoms with Crippen LogP contribution in [0.15, 0.2) is 52.3 Å². The van der Waals surface area contributed by atoms with Gasteiger partial charge in [-0.1, -0.05) is 77.5 Å². The number of carbonyl (C=O) groups excluding carboxylic acids is 6. The van der Waals surface area contributed by atoms with Gasteiger partial charge >= 0.3 is 46.9 Å². The first kappa shape index (κ1) is 74.3. The molecule has 0 unspecified atom stereocenters. The molecule has 0 saturated heterocycles. The van der Waals surface area contributed by atoms with E-state index < -0.39 is 40.9 Å². The second kappa shape index (κ2) is 53.3. The smallest absolute Gasteiger partial charge is 0.336 e. The van der Waals surface area contributed by atoms with Crippen molar-refractivity contribution < 1.29 is 90.3 Å². The molecule has 1 rings (SSSR count). The molecule has 25 nitrogen and oxygen atoms in total. The van der Waals surface area contributed by atoms with Crippen LogP contribution in [0.3, 0.4) is 0 Å². The Morgan fingerprint density at radius 3 is 0.841 bits per heavy atom. The van der Waals surface area contributed by atoms with Crippen LogP contribution in [0.1, 0.15) is 116 Å². The number of ether oxygens (including phenoxy) is 13. The maximum Gasteiger partial charge on any atom is 0.336 e. The second-order valence-corrected chi connectivity index (χ2v) is 18.3. The van der Waals surface area contributed by atoms with Gasteiger partial charge in [-0.2, -0.15) is 0 Å². The molecular formula is C57H93N3O22. The summed E-state index contributed by atoms with van der Waals surface area (Å²) in [6, 6.07) is 0. The standard InChI is InChI=1S/C57H93N3O22/c1-4-50(62)78-44-42-76-40-38-74-36-34-72-32-30-70-28-29-71-31-33-73-35-37-75-39-41-77-43-45-80-53(65)23-17-11-8-14-20-26-59-55(67)58(25-19-13-7-10-16-22-49(61)48-82-52(64)6-3)56(68)60(57(59)69)27-21-15-9-12-18-24-54(66)81-47-46-79-51(63)5-2/h4-6H,1-3,7-48H2. The fraction of sp³-hybridized carbons (Fsp3) is 0.737. The van der Waals surface area contributed by atoms with Crippen LogP contribution >= 0.6 is 0 Å². The van der Waals surface area contributed by atoms with Crippen molar-refractivity contribution in [2.75, 3.05) is 139 Å². The summed E-state index contributed by atoms with van der Waals surface area (Å²) in [6.45, 7) is 16.5. The number of esters is 5. The van der Waals surface area contributed by atoms with Gasteiger partial charge in [0.1, 0.15) is 33.0 Å². The van der Waals surface area contributed by atoms with E-state index in [1.54, 1.807) is 0 Å². The minimum absolute atomic E-state index is 0.0409. The van der Waals surface area contributed by atoms with Gasteiger partial charge in [-0.05, 0) is 38.5 Å². The van der Waals surface area contributed by atoms with Gasteiger partial charge in [-0.3, -0.25) is 14.4 Å². The van der Waals surface area contributed by atoms with Crippen LogP contribution in [0.5, 0.6) is 0 Å². The number of aromatic nitrogens is 3. The zero-order chi connectivity index (χ0) is 59.9. The first-order chi connectivity index (χ1) is 39.9. The van der Waals surface area contributed by atoms with E-state index in [0.717, 1.165) is 70.5 Å². The molecule has 0 atom stereocenters. The molecule has 0 aliphatic heterocycles. The summed E-state index contributed by atoms with van der Waals surface area (Å²) in [6.07, 6.45) is 13.7. The largest absolute Gasteiger partial charge is 0.463 e. The lowest BCUT2D eigenvalue weighted by atomic mass is 10.1. The van der Waals surface area contributed by atoms with Crippen LogP contribution < -0.4 is 17.1 Å². The first-order valence-electron chi connectivity index (χ1n) is 28.7. The third-order valence-electron chi connectivity index (χ3n) is 11.8. The predicted molar refractivity (Wildman–Crippen MR) is 299 cm³/mol. The highest BCUT2D eigenvalue weighted by molar-refractivity contribution is 5.86. The molecular weight excluding hydrogens is 1080 g/mol. The lowest BCUT2D eigenvalue weighted by Crippen LogP contribution is -2.54. The van der Waals surface area contributed by atoms with Crippen molar-refractivity contribution in [1.29, 1.82) is 0 Å². The number of rotatable bonds is 59. The molecule has 0 spiro atoms. The Hall–Kier alpha value is -5.67. The molecule has 0 saturated carbocycles. The topological polar surface area (TPSA) is 288 Å². The minimum atomic E-state index is -0.653. The number of unbranched alkanes of at least 4 members (excludes halogenated alkanes) is 12. The van der Waals surface area contributed by atoms with E-state index in [0.29, 0.717) is 157 Å². The molecule has 0 radical (unpaired) electrons. The Bertz CT molecular complexity index is 2100. The highest BCUT2D eigenvalue weighted by Crippen LogP contribution is 2.10. The highest BCUT2D eigenvalue weighted by atomic mass is 16.6. The monoisotopic (exact) mass is 1170 g/mol. The van der Waals surface area contributed by atoms with Crippen LogP contribution in [0.2, 0.25) is 0 Å². The fourth-order valence-electron chi connectivity index (χ4n) is 7.42. The highest BCUT2D eigenvalue weighted by Gasteiger charge is 2.16. The maximum atomic E-state index is 13.6. The molecule has 0 aliphatic rings. The van der Waals surface area contributed by atoms with E-state index in [1.807, 2.05) is 0 Å². The Morgan fingerprint density at radius 2 is 0.524 bits per heavy atom. The molecule has 0 bridgehead atoms. The summed E-state index contributed by atoms with van der Waals surface area (Å²) in [4.78, 5) is 110. The van der Waals surface area contributed by atoms with Crippen molar-refractivity contribution >= 4 is 35.6 Å². The molecule has 0 N–H and O–H groups in total. The Kier molecular flexibility index (Phi) is 48.4. The number of ketones is 1. The van der Waals surface area contributed by atoms with Crippen molar-refractivity contribution in [3.8, 4) is 0 Å². The molecule has 0 aromatic carbocycles. The van der Waals surface area contributed by atoms with Crippen molar-refractivity contribution in [2.24, 2.45) is 0 Å². The molecule has 1 aromatic heterocycles. The van der Waals surface area contributed by atoms with Gasteiger partial charge in [-0.25, -0.2) is 42.5 Å². The number of carbonyl (C=O) groups is 6. The van der Waals surface area contributed by atoms with Gasteiger partial charge in [0.2, 0.25) is 0 Å².